The minimum Gasteiger partial charge on any atom is -0.352 e. The molecule has 1 aromatic rings. The number of aromatic nitrogens is 1. The molecule has 6 heteroatoms. The normalized spacial score (nSPS) is 16.0. The number of nitrogens with zero attached hydrogens (tertiary/aromatic N) is 3. The second-order valence-corrected chi connectivity index (χ2v) is 5.57. The Morgan fingerprint density at radius 1 is 1.39 bits per heavy atom. The summed E-state index contributed by atoms with van der Waals surface area (Å²) in [6, 6.07) is 1.83. The van der Waals surface area contributed by atoms with E-state index in [1.165, 1.54) is 0 Å². The van der Waals surface area contributed by atoms with Crippen molar-refractivity contribution in [1.82, 2.24) is 9.88 Å². The monoisotopic (exact) mass is 331 g/mol. The lowest BCUT2D eigenvalue weighted by Gasteiger charge is -2.35. The Labute approximate surface area is 120 Å². The Morgan fingerprint density at radius 2 is 2.00 bits per heavy atom. The Kier molecular flexibility index (Phi) is 4.12. The van der Waals surface area contributed by atoms with Crippen molar-refractivity contribution in [2.75, 3.05) is 31.1 Å². The van der Waals surface area contributed by atoms with E-state index in [1.54, 1.807) is 6.92 Å². The van der Waals surface area contributed by atoms with Gasteiger partial charge in [-0.25, -0.2) is 4.98 Å². The van der Waals surface area contributed by atoms with Crippen molar-refractivity contribution in [3.63, 3.8) is 0 Å². The van der Waals surface area contributed by atoms with Gasteiger partial charge in [-0.15, -0.1) is 0 Å². The third kappa shape index (κ3) is 2.78. The molecule has 1 aromatic heterocycles. The van der Waals surface area contributed by atoms with Crippen LogP contribution in [0.3, 0.4) is 0 Å². The molecule has 0 aromatic carbocycles. The van der Waals surface area contributed by atoms with Crippen LogP contribution in [0.4, 0.5) is 5.82 Å². The van der Waals surface area contributed by atoms with Crippen molar-refractivity contribution in [2.24, 2.45) is 0 Å². The zero-order valence-electron chi connectivity index (χ0n) is 10.4. The number of hydrogen-bond acceptors (Lipinski definition) is 3. The molecule has 18 heavy (non-hydrogen) atoms. The molecular weight excluding hydrogens is 318 g/mol. The van der Waals surface area contributed by atoms with E-state index in [0.29, 0.717) is 5.15 Å². The Balaban J connectivity index is 2.17. The zero-order valence-corrected chi connectivity index (χ0v) is 12.8. The topological polar surface area (TPSA) is 36.4 Å². The fourth-order valence-corrected chi connectivity index (χ4v) is 2.74. The minimum absolute atomic E-state index is 0.129. The molecule has 2 rings (SSSR count). The predicted octanol–water partition coefficient (Wildman–Crippen LogP) is 2.47. The van der Waals surface area contributed by atoms with Gasteiger partial charge < -0.3 is 9.80 Å². The first-order valence-electron chi connectivity index (χ1n) is 5.82. The van der Waals surface area contributed by atoms with Gasteiger partial charge in [-0.3, -0.25) is 4.79 Å². The molecule has 0 N–H and O–H groups in total. The summed E-state index contributed by atoms with van der Waals surface area (Å²) in [6.45, 7) is 6.63. The highest BCUT2D eigenvalue weighted by Gasteiger charge is 2.22. The number of carbonyl (C=O) groups is 1. The highest BCUT2D eigenvalue weighted by Crippen LogP contribution is 2.30. The van der Waals surface area contributed by atoms with E-state index in [0.717, 1.165) is 42.0 Å². The number of carbonyl (C=O) groups excluding carboxylic acids is 1. The van der Waals surface area contributed by atoms with E-state index in [-0.39, 0.29) is 5.91 Å². The first kappa shape index (κ1) is 13.6. The molecule has 1 aliphatic rings. The van der Waals surface area contributed by atoms with Gasteiger partial charge in [0.2, 0.25) is 5.91 Å². The van der Waals surface area contributed by atoms with Crippen molar-refractivity contribution in [1.29, 1.82) is 0 Å². The van der Waals surface area contributed by atoms with Gasteiger partial charge in [-0.2, -0.15) is 0 Å². The lowest BCUT2D eigenvalue weighted by molar-refractivity contribution is -0.129. The van der Waals surface area contributed by atoms with Crippen molar-refractivity contribution in [3.8, 4) is 0 Å². The minimum atomic E-state index is 0.129. The fourth-order valence-electron chi connectivity index (χ4n) is 2.04. The van der Waals surface area contributed by atoms with Crippen molar-refractivity contribution in [3.05, 3.63) is 21.3 Å². The van der Waals surface area contributed by atoms with Crippen LogP contribution in [0, 0.1) is 6.92 Å². The lowest BCUT2D eigenvalue weighted by atomic mass is 10.2. The molecule has 4 nitrogen and oxygen atoms in total. The highest BCUT2D eigenvalue weighted by molar-refractivity contribution is 9.10. The molecule has 0 bridgehead atoms. The maximum Gasteiger partial charge on any atom is 0.219 e. The molecule has 0 atom stereocenters. The van der Waals surface area contributed by atoms with Gasteiger partial charge >= 0.3 is 0 Å². The smallest absolute Gasteiger partial charge is 0.219 e. The number of aryl methyl sites for hydroxylation is 1. The second kappa shape index (κ2) is 5.45. The molecule has 0 aliphatic carbocycles. The quantitative estimate of drug-likeness (QED) is 0.741. The van der Waals surface area contributed by atoms with Crippen LogP contribution in [0.2, 0.25) is 5.15 Å². The molecular formula is C12H15BrClN3O. The molecule has 1 aliphatic heterocycles. The summed E-state index contributed by atoms with van der Waals surface area (Å²) in [5.41, 5.74) is 1.07. The molecule has 0 unspecified atom stereocenters. The average molecular weight is 333 g/mol. The third-order valence-electron chi connectivity index (χ3n) is 3.12. The van der Waals surface area contributed by atoms with E-state index >= 15 is 0 Å². The van der Waals surface area contributed by atoms with Gasteiger partial charge in [0.1, 0.15) is 11.0 Å². The van der Waals surface area contributed by atoms with Gasteiger partial charge in [0.05, 0.1) is 4.47 Å². The summed E-state index contributed by atoms with van der Waals surface area (Å²) >= 11 is 9.55. The summed E-state index contributed by atoms with van der Waals surface area (Å²) in [6.07, 6.45) is 0. The van der Waals surface area contributed by atoms with E-state index in [2.05, 4.69) is 25.8 Å². The number of rotatable bonds is 1. The zero-order chi connectivity index (χ0) is 13.3. The summed E-state index contributed by atoms with van der Waals surface area (Å²) in [7, 11) is 0. The fraction of sp³-hybridized carbons (Fsp3) is 0.500. The van der Waals surface area contributed by atoms with Gasteiger partial charge in [0, 0.05) is 33.1 Å². The molecule has 0 saturated carbocycles. The SMILES string of the molecule is CC(=O)N1CCN(c2nc(Cl)cc(C)c2Br)CC1. The van der Waals surface area contributed by atoms with Crippen LogP contribution in [-0.2, 0) is 4.79 Å². The summed E-state index contributed by atoms with van der Waals surface area (Å²) in [5.74, 6) is 0.993. The van der Waals surface area contributed by atoms with E-state index in [9.17, 15) is 4.79 Å². The van der Waals surface area contributed by atoms with Crippen molar-refractivity contribution < 1.29 is 4.79 Å². The van der Waals surface area contributed by atoms with Crippen molar-refractivity contribution >= 4 is 39.3 Å². The third-order valence-corrected chi connectivity index (χ3v) is 4.29. The van der Waals surface area contributed by atoms with Crippen LogP contribution in [0.15, 0.2) is 10.5 Å². The predicted molar refractivity (Wildman–Crippen MR) is 76.2 cm³/mol. The molecule has 1 fully saturated rings. The number of piperazine rings is 1. The lowest BCUT2D eigenvalue weighted by Crippen LogP contribution is -2.48. The second-order valence-electron chi connectivity index (χ2n) is 4.39. The van der Waals surface area contributed by atoms with Crippen LogP contribution in [-0.4, -0.2) is 42.0 Å². The molecule has 0 radical (unpaired) electrons. The summed E-state index contributed by atoms with van der Waals surface area (Å²) in [4.78, 5) is 19.7. The van der Waals surface area contributed by atoms with Crippen LogP contribution in [0.25, 0.3) is 0 Å². The number of hydrogen-bond donors (Lipinski definition) is 0. The van der Waals surface area contributed by atoms with E-state index in [4.69, 9.17) is 11.6 Å². The average Bonchev–Trinajstić information content (AvgIpc) is 2.34. The van der Waals surface area contributed by atoms with Crippen LogP contribution >= 0.6 is 27.5 Å². The molecule has 2 heterocycles. The van der Waals surface area contributed by atoms with E-state index in [1.807, 2.05) is 17.9 Å². The number of pyridine rings is 1. The maximum absolute atomic E-state index is 11.3. The molecule has 0 spiro atoms. The molecule has 1 amide bonds. The molecule has 98 valence electrons. The first-order valence-corrected chi connectivity index (χ1v) is 6.99. The Morgan fingerprint density at radius 3 is 2.56 bits per heavy atom. The van der Waals surface area contributed by atoms with E-state index < -0.39 is 0 Å². The Hall–Kier alpha value is -0.810. The number of amides is 1. The van der Waals surface area contributed by atoms with Crippen LogP contribution < -0.4 is 4.90 Å². The first-order chi connectivity index (χ1) is 8.49. The van der Waals surface area contributed by atoms with Gasteiger partial charge in [0.25, 0.3) is 0 Å². The standard InChI is InChI=1S/C12H15BrClN3O/c1-8-7-10(14)15-12(11(8)13)17-5-3-16(4-6-17)9(2)18/h7H,3-6H2,1-2H3. The Bertz CT molecular complexity index is 473. The summed E-state index contributed by atoms with van der Waals surface area (Å²) < 4.78 is 0.975. The number of halogens is 2. The van der Waals surface area contributed by atoms with Gasteiger partial charge in [-0.05, 0) is 34.5 Å². The van der Waals surface area contributed by atoms with Crippen LogP contribution in [0.5, 0.6) is 0 Å². The largest absolute Gasteiger partial charge is 0.352 e. The van der Waals surface area contributed by atoms with Gasteiger partial charge in [-0.1, -0.05) is 11.6 Å². The highest BCUT2D eigenvalue weighted by atomic mass is 79.9. The van der Waals surface area contributed by atoms with Crippen molar-refractivity contribution in [2.45, 2.75) is 13.8 Å². The molecule has 1 saturated heterocycles. The number of anilines is 1. The van der Waals surface area contributed by atoms with Crippen LogP contribution in [0.1, 0.15) is 12.5 Å². The van der Waals surface area contributed by atoms with Gasteiger partial charge in [0.15, 0.2) is 0 Å². The maximum atomic E-state index is 11.3. The summed E-state index contributed by atoms with van der Waals surface area (Å²) in [5, 5.41) is 0.500.